The van der Waals surface area contributed by atoms with Crippen molar-refractivity contribution < 1.29 is 14.3 Å². The molecular formula is C22H20FN3O3. The Morgan fingerprint density at radius 3 is 2.79 bits per heavy atom. The molecule has 3 aromatic rings. The van der Waals surface area contributed by atoms with Gasteiger partial charge in [0.2, 0.25) is 5.43 Å². The first-order valence-electron chi connectivity index (χ1n) is 9.73. The van der Waals surface area contributed by atoms with Crippen LogP contribution >= 0.6 is 0 Å². The van der Waals surface area contributed by atoms with Crippen LogP contribution < -0.4 is 10.4 Å². The Hall–Kier alpha value is -3.35. The number of hydrogen-bond donors (Lipinski definition) is 1. The van der Waals surface area contributed by atoms with Gasteiger partial charge in [0.25, 0.3) is 5.91 Å². The van der Waals surface area contributed by atoms with Crippen molar-refractivity contribution in [3.05, 3.63) is 76.0 Å². The summed E-state index contributed by atoms with van der Waals surface area (Å²) in [7, 11) is 0. The highest BCUT2D eigenvalue weighted by Crippen LogP contribution is 2.35. The van der Waals surface area contributed by atoms with Crippen molar-refractivity contribution in [2.75, 3.05) is 18.2 Å². The summed E-state index contributed by atoms with van der Waals surface area (Å²) in [5, 5.41) is 14.1. The van der Waals surface area contributed by atoms with Gasteiger partial charge in [-0.25, -0.2) is 4.39 Å². The SMILES string of the molecule is O=C1c2c(O)c(=O)ccn2N2CN1CCCCC2c1cccc2ccc(F)cc12. The maximum absolute atomic E-state index is 14.0. The van der Waals surface area contributed by atoms with E-state index in [4.69, 9.17) is 0 Å². The molecule has 148 valence electrons. The highest BCUT2D eigenvalue weighted by atomic mass is 19.1. The highest BCUT2D eigenvalue weighted by Gasteiger charge is 2.37. The van der Waals surface area contributed by atoms with Gasteiger partial charge < -0.3 is 10.0 Å². The molecule has 1 atom stereocenters. The highest BCUT2D eigenvalue weighted by molar-refractivity contribution is 5.96. The Labute approximate surface area is 166 Å². The Balaban J connectivity index is 1.73. The van der Waals surface area contributed by atoms with Gasteiger partial charge in [-0.15, -0.1) is 0 Å². The number of hydrogen-bond acceptors (Lipinski definition) is 4. The van der Waals surface area contributed by atoms with Gasteiger partial charge in [-0.05, 0) is 47.7 Å². The van der Waals surface area contributed by atoms with E-state index in [1.54, 1.807) is 21.7 Å². The molecule has 1 saturated heterocycles. The van der Waals surface area contributed by atoms with Crippen molar-refractivity contribution in [1.29, 1.82) is 0 Å². The first-order valence-corrected chi connectivity index (χ1v) is 9.73. The molecular weight excluding hydrogens is 373 g/mol. The number of benzene rings is 2. The van der Waals surface area contributed by atoms with E-state index >= 15 is 0 Å². The summed E-state index contributed by atoms with van der Waals surface area (Å²) >= 11 is 0. The number of nitrogens with zero attached hydrogens (tertiary/aromatic N) is 3. The zero-order valence-corrected chi connectivity index (χ0v) is 15.7. The van der Waals surface area contributed by atoms with Crippen molar-refractivity contribution in [2.24, 2.45) is 0 Å². The lowest BCUT2D eigenvalue weighted by molar-refractivity contribution is 0.0654. The summed E-state index contributed by atoms with van der Waals surface area (Å²) in [6, 6.07) is 11.8. The Morgan fingerprint density at radius 1 is 1.07 bits per heavy atom. The van der Waals surface area contributed by atoms with Gasteiger partial charge in [0.05, 0.1) is 6.04 Å². The lowest BCUT2D eigenvalue weighted by atomic mass is 9.94. The number of halogens is 1. The van der Waals surface area contributed by atoms with Gasteiger partial charge in [-0.3, -0.25) is 19.3 Å². The van der Waals surface area contributed by atoms with Crippen LogP contribution in [-0.2, 0) is 0 Å². The molecule has 5 rings (SSSR count). The number of carbonyl (C=O) groups excluding carboxylic acids is 1. The molecule has 6 nitrogen and oxygen atoms in total. The van der Waals surface area contributed by atoms with E-state index in [-0.39, 0.29) is 23.5 Å². The average molecular weight is 393 g/mol. The number of pyridine rings is 1. The van der Waals surface area contributed by atoms with Crippen molar-refractivity contribution >= 4 is 16.7 Å². The molecule has 0 aliphatic carbocycles. The lowest BCUT2D eigenvalue weighted by Crippen LogP contribution is -2.56. The molecule has 1 unspecified atom stereocenters. The molecule has 1 aromatic heterocycles. The van der Waals surface area contributed by atoms with Crippen LogP contribution in [0.15, 0.2) is 53.5 Å². The van der Waals surface area contributed by atoms with Gasteiger partial charge in [0.1, 0.15) is 12.5 Å². The summed E-state index contributed by atoms with van der Waals surface area (Å²) in [5.41, 5.74) is 0.372. The van der Waals surface area contributed by atoms with Gasteiger partial charge in [0.15, 0.2) is 11.4 Å². The third-order valence-electron chi connectivity index (χ3n) is 5.89. The molecule has 0 spiro atoms. The molecule has 2 aliphatic heterocycles. The minimum absolute atomic E-state index is 0.0120. The molecule has 2 aromatic carbocycles. The molecule has 2 aliphatic rings. The third-order valence-corrected chi connectivity index (χ3v) is 5.89. The summed E-state index contributed by atoms with van der Waals surface area (Å²) < 4.78 is 15.6. The van der Waals surface area contributed by atoms with Gasteiger partial charge in [-0.1, -0.05) is 24.3 Å². The van der Waals surface area contributed by atoms with Crippen molar-refractivity contribution in [3.8, 4) is 5.75 Å². The first kappa shape index (κ1) is 17.7. The largest absolute Gasteiger partial charge is 0.502 e. The Bertz CT molecular complexity index is 1190. The average Bonchev–Trinajstić information content (AvgIpc) is 2.70. The van der Waals surface area contributed by atoms with E-state index in [1.807, 2.05) is 23.2 Å². The van der Waals surface area contributed by atoms with Gasteiger partial charge in [0, 0.05) is 18.8 Å². The van der Waals surface area contributed by atoms with E-state index in [0.29, 0.717) is 13.2 Å². The van der Waals surface area contributed by atoms with Crippen LogP contribution in [0.1, 0.15) is 41.4 Å². The molecule has 7 heteroatoms. The van der Waals surface area contributed by atoms with E-state index in [2.05, 4.69) is 0 Å². The summed E-state index contributed by atoms with van der Waals surface area (Å²) in [5.74, 6) is -1.18. The van der Waals surface area contributed by atoms with E-state index in [0.717, 1.165) is 35.6 Å². The molecule has 1 fully saturated rings. The smallest absolute Gasteiger partial charge is 0.277 e. The fraction of sp³-hybridized carbons (Fsp3) is 0.273. The van der Waals surface area contributed by atoms with Crippen molar-refractivity contribution in [1.82, 2.24) is 9.58 Å². The number of amides is 1. The molecule has 0 saturated carbocycles. The van der Waals surface area contributed by atoms with Crippen LogP contribution in [0.25, 0.3) is 10.8 Å². The van der Waals surface area contributed by atoms with Crippen LogP contribution in [0.4, 0.5) is 4.39 Å². The minimum atomic E-state index is -0.577. The molecule has 2 bridgehead atoms. The number of rotatable bonds is 1. The quantitative estimate of drug-likeness (QED) is 0.690. The van der Waals surface area contributed by atoms with Crippen molar-refractivity contribution in [2.45, 2.75) is 25.3 Å². The maximum atomic E-state index is 14.0. The third kappa shape index (κ3) is 2.76. The number of fused-ring (bicyclic) bond motifs is 5. The van der Waals surface area contributed by atoms with Crippen LogP contribution in [0.5, 0.6) is 5.75 Å². The van der Waals surface area contributed by atoms with E-state index < -0.39 is 11.2 Å². The summed E-state index contributed by atoms with van der Waals surface area (Å²) in [4.78, 5) is 26.5. The molecule has 1 N–H and O–H groups in total. The van der Waals surface area contributed by atoms with Crippen LogP contribution in [0.2, 0.25) is 0 Å². The molecule has 0 radical (unpaired) electrons. The number of aromatic hydroxyl groups is 1. The fourth-order valence-corrected chi connectivity index (χ4v) is 4.47. The van der Waals surface area contributed by atoms with Crippen LogP contribution in [0.3, 0.4) is 0 Å². The summed E-state index contributed by atoms with van der Waals surface area (Å²) in [6.45, 7) is 0.902. The number of carbonyl (C=O) groups is 1. The second-order valence-corrected chi connectivity index (χ2v) is 7.60. The van der Waals surface area contributed by atoms with E-state index in [1.165, 1.54) is 18.3 Å². The maximum Gasteiger partial charge on any atom is 0.277 e. The topological polar surface area (TPSA) is 65.8 Å². The summed E-state index contributed by atoms with van der Waals surface area (Å²) in [6.07, 6.45) is 4.07. The standard InChI is InChI=1S/C22H20FN3O3/c23-15-8-7-14-4-3-5-16(17(14)12-15)18-6-1-2-10-24-13-26(18)25-11-9-19(27)21(28)20(25)22(24)29/h3-5,7-9,11-12,18,28H,1-2,6,10,13H2. The monoisotopic (exact) mass is 393 g/mol. The molecule has 3 heterocycles. The fourth-order valence-electron chi connectivity index (χ4n) is 4.47. The zero-order valence-electron chi connectivity index (χ0n) is 15.7. The molecule has 29 heavy (non-hydrogen) atoms. The second kappa shape index (κ2) is 6.62. The minimum Gasteiger partial charge on any atom is -0.502 e. The van der Waals surface area contributed by atoms with Crippen molar-refractivity contribution in [3.63, 3.8) is 0 Å². The normalized spacial score (nSPS) is 19.1. The van der Waals surface area contributed by atoms with Crippen LogP contribution in [-0.4, -0.2) is 33.8 Å². The zero-order chi connectivity index (χ0) is 20.1. The second-order valence-electron chi connectivity index (χ2n) is 7.60. The predicted molar refractivity (Wildman–Crippen MR) is 107 cm³/mol. The van der Waals surface area contributed by atoms with Gasteiger partial charge >= 0.3 is 0 Å². The van der Waals surface area contributed by atoms with E-state index in [9.17, 15) is 19.1 Å². The Kier molecular flexibility index (Phi) is 4.04. The van der Waals surface area contributed by atoms with Crippen LogP contribution in [0, 0.1) is 5.82 Å². The number of aromatic nitrogens is 1. The lowest BCUT2D eigenvalue weighted by Gasteiger charge is -2.45. The first-order chi connectivity index (χ1) is 14.0. The van der Waals surface area contributed by atoms with Gasteiger partial charge in [-0.2, -0.15) is 0 Å². The molecule has 1 amide bonds. The predicted octanol–water partition coefficient (Wildman–Crippen LogP) is 3.12. The Morgan fingerprint density at radius 2 is 1.93 bits per heavy atom.